The van der Waals surface area contributed by atoms with Crippen molar-refractivity contribution in [2.75, 3.05) is 26.2 Å². The molecule has 18 heavy (non-hydrogen) atoms. The van der Waals surface area contributed by atoms with Crippen molar-refractivity contribution in [2.45, 2.75) is 26.0 Å². The van der Waals surface area contributed by atoms with Gasteiger partial charge in [-0.25, -0.2) is 4.98 Å². The van der Waals surface area contributed by atoms with Crippen molar-refractivity contribution in [3.05, 3.63) is 27.9 Å². The number of hydrogen-bond acceptors (Lipinski definition) is 5. The maximum atomic E-state index is 11.5. The van der Waals surface area contributed by atoms with Gasteiger partial charge in [0, 0.05) is 25.7 Å². The molecule has 0 saturated carbocycles. The van der Waals surface area contributed by atoms with Crippen LogP contribution in [-0.2, 0) is 11.3 Å². The molecule has 0 aromatic carbocycles. The molecule has 1 unspecified atom stereocenters. The van der Waals surface area contributed by atoms with E-state index in [1.807, 2.05) is 0 Å². The Balaban J connectivity index is 2.15. The van der Waals surface area contributed by atoms with Crippen molar-refractivity contribution in [3.63, 3.8) is 0 Å². The van der Waals surface area contributed by atoms with Crippen LogP contribution < -0.4 is 11.3 Å². The molecule has 1 aliphatic heterocycles. The van der Waals surface area contributed by atoms with Gasteiger partial charge in [0.15, 0.2) is 0 Å². The van der Waals surface area contributed by atoms with Crippen molar-refractivity contribution in [1.82, 2.24) is 14.9 Å². The Morgan fingerprint density at radius 2 is 2.50 bits per heavy atom. The van der Waals surface area contributed by atoms with Gasteiger partial charge in [-0.15, -0.1) is 0 Å². The normalized spacial score (nSPS) is 21.1. The third-order valence-corrected chi connectivity index (χ3v) is 3.02. The molecule has 3 N–H and O–H groups in total. The maximum absolute atomic E-state index is 11.5. The zero-order valence-electron chi connectivity index (χ0n) is 10.7. The summed E-state index contributed by atoms with van der Waals surface area (Å²) in [5.74, 6) is 0.587. The van der Waals surface area contributed by atoms with E-state index in [0.29, 0.717) is 18.1 Å². The SMILES string of the molecule is CCCN1CCOC(c2nc(CN)cc(=O)[nH]2)C1. The third kappa shape index (κ3) is 3.16. The molecular weight excluding hydrogens is 232 g/mol. The molecule has 0 radical (unpaired) electrons. The molecule has 1 aromatic heterocycles. The van der Waals surface area contributed by atoms with Crippen LogP contribution in [0.3, 0.4) is 0 Å². The van der Waals surface area contributed by atoms with E-state index in [1.54, 1.807) is 0 Å². The van der Waals surface area contributed by atoms with E-state index in [2.05, 4.69) is 21.8 Å². The molecule has 1 fully saturated rings. The summed E-state index contributed by atoms with van der Waals surface area (Å²) >= 11 is 0. The van der Waals surface area contributed by atoms with Crippen molar-refractivity contribution in [3.8, 4) is 0 Å². The van der Waals surface area contributed by atoms with Gasteiger partial charge >= 0.3 is 0 Å². The smallest absolute Gasteiger partial charge is 0.251 e. The van der Waals surface area contributed by atoms with Crippen molar-refractivity contribution >= 4 is 0 Å². The van der Waals surface area contributed by atoms with Gasteiger partial charge in [-0.2, -0.15) is 0 Å². The first kappa shape index (κ1) is 13.2. The fourth-order valence-electron chi connectivity index (χ4n) is 2.17. The van der Waals surface area contributed by atoms with Gasteiger partial charge in [0.25, 0.3) is 5.56 Å². The second-order valence-corrected chi connectivity index (χ2v) is 4.49. The van der Waals surface area contributed by atoms with Crippen LogP contribution in [0.25, 0.3) is 0 Å². The summed E-state index contributed by atoms with van der Waals surface area (Å²) in [6, 6.07) is 1.43. The molecule has 0 aliphatic carbocycles. The number of H-pyrrole nitrogens is 1. The standard InChI is InChI=1S/C12H20N4O2/c1-2-3-16-4-5-18-10(8-16)12-14-9(7-13)6-11(17)15-12/h6,10H,2-5,7-8,13H2,1H3,(H,14,15,17). The number of nitrogens with zero attached hydrogens (tertiary/aromatic N) is 2. The molecule has 6 heteroatoms. The van der Waals surface area contributed by atoms with Gasteiger partial charge in [0.2, 0.25) is 0 Å². The lowest BCUT2D eigenvalue weighted by atomic mass is 10.2. The molecule has 100 valence electrons. The molecule has 1 saturated heterocycles. The number of rotatable bonds is 4. The third-order valence-electron chi connectivity index (χ3n) is 3.02. The monoisotopic (exact) mass is 252 g/mol. The summed E-state index contributed by atoms with van der Waals surface area (Å²) < 4.78 is 5.68. The largest absolute Gasteiger partial charge is 0.368 e. The number of hydrogen-bond donors (Lipinski definition) is 2. The van der Waals surface area contributed by atoms with E-state index >= 15 is 0 Å². The highest BCUT2D eigenvalue weighted by molar-refractivity contribution is 5.05. The molecule has 0 spiro atoms. The molecule has 6 nitrogen and oxygen atoms in total. The minimum absolute atomic E-state index is 0.163. The Hall–Kier alpha value is -1.24. The van der Waals surface area contributed by atoms with Crippen LogP contribution in [0.1, 0.15) is 31.0 Å². The van der Waals surface area contributed by atoms with E-state index in [-0.39, 0.29) is 18.2 Å². The topological polar surface area (TPSA) is 84.2 Å². The van der Waals surface area contributed by atoms with Crippen LogP contribution in [0.2, 0.25) is 0 Å². The van der Waals surface area contributed by atoms with Crippen LogP contribution in [0.4, 0.5) is 0 Å². The first-order valence-electron chi connectivity index (χ1n) is 6.37. The summed E-state index contributed by atoms with van der Waals surface area (Å²) in [5.41, 5.74) is 5.96. The fraction of sp³-hybridized carbons (Fsp3) is 0.667. The molecule has 1 aliphatic rings. The van der Waals surface area contributed by atoms with Crippen molar-refractivity contribution < 1.29 is 4.74 Å². The van der Waals surface area contributed by atoms with Gasteiger partial charge in [-0.05, 0) is 13.0 Å². The average molecular weight is 252 g/mol. The Morgan fingerprint density at radius 1 is 1.67 bits per heavy atom. The molecule has 0 amide bonds. The maximum Gasteiger partial charge on any atom is 0.251 e. The second kappa shape index (κ2) is 6.08. The van der Waals surface area contributed by atoms with Crippen LogP contribution in [0.15, 0.2) is 10.9 Å². The van der Waals surface area contributed by atoms with Crippen molar-refractivity contribution in [1.29, 1.82) is 0 Å². The van der Waals surface area contributed by atoms with Crippen LogP contribution >= 0.6 is 0 Å². The Labute approximate surface area is 106 Å². The van der Waals surface area contributed by atoms with E-state index in [4.69, 9.17) is 10.5 Å². The molecule has 0 bridgehead atoms. The zero-order chi connectivity index (χ0) is 13.0. The van der Waals surface area contributed by atoms with Crippen LogP contribution in [0, 0.1) is 0 Å². The van der Waals surface area contributed by atoms with Gasteiger partial charge in [0.1, 0.15) is 11.9 Å². The Morgan fingerprint density at radius 3 is 3.22 bits per heavy atom. The molecular formula is C12H20N4O2. The highest BCUT2D eigenvalue weighted by atomic mass is 16.5. The van der Waals surface area contributed by atoms with E-state index in [1.165, 1.54) is 6.07 Å². The minimum Gasteiger partial charge on any atom is -0.368 e. The number of aromatic amines is 1. The highest BCUT2D eigenvalue weighted by Gasteiger charge is 2.23. The number of nitrogens with two attached hydrogens (primary N) is 1. The number of aromatic nitrogens is 2. The lowest BCUT2D eigenvalue weighted by Gasteiger charge is -2.32. The number of nitrogens with one attached hydrogen (secondary N) is 1. The minimum atomic E-state index is -0.170. The summed E-state index contributed by atoms with van der Waals surface area (Å²) in [7, 11) is 0. The first-order chi connectivity index (χ1) is 8.72. The summed E-state index contributed by atoms with van der Waals surface area (Å²) in [6.07, 6.45) is 0.948. The lowest BCUT2D eigenvalue weighted by molar-refractivity contribution is -0.0344. The molecule has 1 atom stereocenters. The van der Waals surface area contributed by atoms with E-state index in [0.717, 1.165) is 26.1 Å². The van der Waals surface area contributed by atoms with Gasteiger partial charge in [-0.3, -0.25) is 9.69 Å². The quantitative estimate of drug-likeness (QED) is 0.788. The summed E-state index contributed by atoms with van der Waals surface area (Å²) in [4.78, 5) is 20.9. The summed E-state index contributed by atoms with van der Waals surface area (Å²) in [5, 5.41) is 0. The lowest BCUT2D eigenvalue weighted by Crippen LogP contribution is -2.39. The molecule has 2 rings (SSSR count). The predicted molar refractivity (Wildman–Crippen MR) is 68.2 cm³/mol. The zero-order valence-corrected chi connectivity index (χ0v) is 10.7. The Kier molecular flexibility index (Phi) is 4.46. The van der Waals surface area contributed by atoms with Crippen molar-refractivity contribution in [2.24, 2.45) is 5.73 Å². The molecule has 2 heterocycles. The van der Waals surface area contributed by atoms with Gasteiger partial charge in [0.05, 0.1) is 12.3 Å². The van der Waals surface area contributed by atoms with Crippen LogP contribution in [-0.4, -0.2) is 41.1 Å². The number of ether oxygens (including phenoxy) is 1. The average Bonchev–Trinajstić information content (AvgIpc) is 2.39. The van der Waals surface area contributed by atoms with Crippen LogP contribution in [0.5, 0.6) is 0 Å². The molecule has 1 aromatic rings. The van der Waals surface area contributed by atoms with E-state index < -0.39 is 0 Å². The predicted octanol–water partition coefficient (Wildman–Crippen LogP) is 0.0119. The first-order valence-corrected chi connectivity index (χ1v) is 6.37. The second-order valence-electron chi connectivity index (χ2n) is 4.49. The van der Waals surface area contributed by atoms with E-state index in [9.17, 15) is 4.79 Å². The Bertz CT molecular complexity index is 444. The highest BCUT2D eigenvalue weighted by Crippen LogP contribution is 2.18. The van der Waals surface area contributed by atoms with Gasteiger partial charge < -0.3 is 15.5 Å². The van der Waals surface area contributed by atoms with Gasteiger partial charge in [-0.1, -0.05) is 6.92 Å². The summed E-state index contributed by atoms with van der Waals surface area (Å²) in [6.45, 7) is 5.83. The number of morpholine rings is 1. The fourth-order valence-corrected chi connectivity index (χ4v) is 2.17.